The molecule has 1 saturated heterocycles. The number of carbonyl (C=O) groups excluding carboxylic acids is 1. The summed E-state index contributed by atoms with van der Waals surface area (Å²) in [6.07, 6.45) is 4.34. The molecule has 0 bridgehead atoms. The van der Waals surface area contributed by atoms with E-state index in [1.807, 2.05) is 4.90 Å². The van der Waals surface area contributed by atoms with Crippen molar-refractivity contribution in [1.29, 1.82) is 0 Å². The van der Waals surface area contributed by atoms with Gasteiger partial charge in [-0.25, -0.2) is 4.98 Å². The lowest BCUT2D eigenvalue weighted by atomic mass is 10.2. The van der Waals surface area contributed by atoms with Gasteiger partial charge in [0.2, 0.25) is 0 Å². The lowest BCUT2D eigenvalue weighted by molar-refractivity contribution is -0.0964. The van der Waals surface area contributed by atoms with Gasteiger partial charge in [0.05, 0.1) is 29.2 Å². The predicted molar refractivity (Wildman–Crippen MR) is 122 cm³/mol. The minimum atomic E-state index is -3.84. The number of hydrogen-bond donors (Lipinski definition) is 4. The molecule has 3 aromatic rings. The zero-order valence-corrected chi connectivity index (χ0v) is 18.3. The summed E-state index contributed by atoms with van der Waals surface area (Å²) in [5.74, 6) is -0.211. The number of aliphatic hydroxyl groups excluding tert-OH is 1. The molecule has 2 aromatic heterocycles. The number of rotatable bonds is 7. The molecule has 1 amide bonds. The van der Waals surface area contributed by atoms with E-state index < -0.39 is 17.6 Å². The van der Waals surface area contributed by atoms with Gasteiger partial charge in [-0.1, -0.05) is 0 Å². The van der Waals surface area contributed by atoms with Crippen molar-refractivity contribution in [2.24, 2.45) is 0 Å². The Balaban J connectivity index is 1.56. The van der Waals surface area contributed by atoms with Crippen LogP contribution in [0.5, 0.6) is 11.5 Å². The zero-order valence-electron chi connectivity index (χ0n) is 17.6. The minimum absolute atomic E-state index is 0.0397. The Morgan fingerprint density at radius 1 is 1.21 bits per heavy atom. The average Bonchev–Trinajstić information content (AvgIpc) is 3.21. The Bertz CT molecular complexity index is 1180. The minimum Gasteiger partial charge on any atom is -0.506 e. The molecule has 12 heteroatoms. The Hall–Kier alpha value is -3.70. The number of benzene rings is 1. The zero-order chi connectivity index (χ0) is 24.3. The van der Waals surface area contributed by atoms with Crippen LogP contribution in [0.3, 0.4) is 0 Å². The Morgan fingerprint density at radius 3 is 2.62 bits per heavy atom. The van der Waals surface area contributed by atoms with Crippen LogP contribution in [0.25, 0.3) is 0 Å². The number of anilines is 4. The van der Waals surface area contributed by atoms with E-state index in [2.05, 4.69) is 25.3 Å². The number of aromatic hydroxyl groups is 1. The van der Waals surface area contributed by atoms with Crippen LogP contribution >= 0.6 is 11.6 Å². The second-order valence-electron chi connectivity index (χ2n) is 7.53. The highest BCUT2D eigenvalue weighted by Crippen LogP contribution is 2.33. The van der Waals surface area contributed by atoms with E-state index in [1.165, 1.54) is 48.9 Å². The van der Waals surface area contributed by atoms with Crippen LogP contribution in [0.4, 0.5) is 31.7 Å². The fourth-order valence-corrected chi connectivity index (χ4v) is 3.52. The van der Waals surface area contributed by atoms with E-state index in [9.17, 15) is 23.8 Å². The van der Waals surface area contributed by atoms with Gasteiger partial charge >= 0.3 is 5.57 Å². The molecular weight excluding hydrogens is 472 g/mol. The van der Waals surface area contributed by atoms with Crippen molar-refractivity contribution in [1.82, 2.24) is 9.97 Å². The van der Waals surface area contributed by atoms with Crippen molar-refractivity contribution in [3.63, 3.8) is 0 Å². The SMILES string of the molecule is O=C(Nc1ccc(OC(F)(F)Cl)cc1)c1cnc(N2CC[C@@H](O)C2)c(Nc2cnccc2O)c1. The first-order valence-electron chi connectivity index (χ1n) is 10.2. The van der Waals surface area contributed by atoms with Crippen LogP contribution in [-0.4, -0.2) is 50.8 Å². The van der Waals surface area contributed by atoms with Crippen LogP contribution in [-0.2, 0) is 0 Å². The molecule has 1 aliphatic rings. The van der Waals surface area contributed by atoms with E-state index in [0.29, 0.717) is 42.4 Å². The van der Waals surface area contributed by atoms with Crippen LogP contribution < -0.4 is 20.3 Å². The van der Waals surface area contributed by atoms with Crippen molar-refractivity contribution in [3.05, 3.63) is 60.6 Å². The second-order valence-corrected chi connectivity index (χ2v) is 7.97. The number of nitrogens with zero attached hydrogens (tertiary/aromatic N) is 3. The highest BCUT2D eigenvalue weighted by atomic mass is 35.5. The van der Waals surface area contributed by atoms with Gasteiger partial charge in [0, 0.05) is 48.8 Å². The molecule has 3 heterocycles. The lowest BCUT2D eigenvalue weighted by Gasteiger charge is -2.21. The maximum Gasteiger partial charge on any atom is 0.487 e. The topological polar surface area (TPSA) is 120 Å². The van der Waals surface area contributed by atoms with Crippen LogP contribution in [0.1, 0.15) is 16.8 Å². The maximum atomic E-state index is 12.8. The first-order valence-corrected chi connectivity index (χ1v) is 10.6. The summed E-state index contributed by atoms with van der Waals surface area (Å²) >= 11 is 4.75. The summed E-state index contributed by atoms with van der Waals surface area (Å²) in [5, 5.41) is 25.7. The Morgan fingerprint density at radius 2 is 1.97 bits per heavy atom. The first kappa shape index (κ1) is 23.5. The molecule has 1 aromatic carbocycles. The summed E-state index contributed by atoms with van der Waals surface area (Å²) in [4.78, 5) is 23.1. The van der Waals surface area contributed by atoms with E-state index >= 15 is 0 Å². The van der Waals surface area contributed by atoms with Gasteiger partial charge in [-0.3, -0.25) is 9.78 Å². The number of aliphatic hydroxyl groups is 1. The van der Waals surface area contributed by atoms with Gasteiger partial charge in [-0.05, 0) is 36.8 Å². The largest absolute Gasteiger partial charge is 0.506 e. The number of alkyl halides is 3. The fourth-order valence-electron chi connectivity index (χ4n) is 3.43. The first-order chi connectivity index (χ1) is 16.2. The Kier molecular flexibility index (Phi) is 6.66. The molecule has 4 N–H and O–H groups in total. The second kappa shape index (κ2) is 9.65. The number of amides is 1. The van der Waals surface area contributed by atoms with Gasteiger partial charge in [-0.15, -0.1) is 8.78 Å². The summed E-state index contributed by atoms with van der Waals surface area (Å²) < 4.78 is 29.7. The van der Waals surface area contributed by atoms with Gasteiger partial charge in [-0.2, -0.15) is 0 Å². The number of carbonyl (C=O) groups is 1. The predicted octanol–water partition coefficient (Wildman–Crippen LogP) is 3.92. The molecule has 34 heavy (non-hydrogen) atoms. The molecule has 4 rings (SSSR count). The maximum absolute atomic E-state index is 12.8. The number of β-amino-alcohol motifs (C(OH)–C–C–N with tert-alkyl or cyclic N) is 1. The van der Waals surface area contributed by atoms with E-state index in [1.54, 1.807) is 6.07 Å². The number of nitrogens with one attached hydrogen (secondary N) is 2. The van der Waals surface area contributed by atoms with E-state index in [4.69, 9.17) is 11.6 Å². The smallest absolute Gasteiger partial charge is 0.487 e. The standard InChI is InChI=1S/C22H20ClF2N5O4/c23-22(24,25)34-16-3-1-14(2-4-16)28-21(33)13-9-17(29-18-11-26-7-5-19(18)32)20(27-10-13)30-8-6-15(31)12-30/h1-5,7,9-11,15,29,31H,6,8,12H2,(H,26,32)(H,28,33)/t15-/m1/s1. The van der Waals surface area contributed by atoms with Crippen molar-refractivity contribution in [2.45, 2.75) is 18.1 Å². The molecule has 0 spiro atoms. The Labute approximate surface area is 198 Å². The van der Waals surface area contributed by atoms with Crippen molar-refractivity contribution < 1.29 is 28.5 Å². The number of halogens is 3. The molecule has 0 aliphatic carbocycles. The van der Waals surface area contributed by atoms with Gasteiger partial charge in [0.15, 0.2) is 5.82 Å². The average molecular weight is 492 g/mol. The summed E-state index contributed by atoms with van der Waals surface area (Å²) in [6, 6.07) is 8.22. The normalized spacial score (nSPS) is 15.8. The number of aromatic nitrogens is 2. The monoisotopic (exact) mass is 491 g/mol. The fraction of sp³-hybridized carbons (Fsp3) is 0.227. The van der Waals surface area contributed by atoms with Crippen molar-refractivity contribution in [2.75, 3.05) is 28.6 Å². The van der Waals surface area contributed by atoms with E-state index in [-0.39, 0.29) is 17.1 Å². The molecule has 0 saturated carbocycles. The van der Waals surface area contributed by atoms with Gasteiger partial charge in [0.25, 0.3) is 5.91 Å². The summed E-state index contributed by atoms with van der Waals surface area (Å²) in [5.41, 5.74) is -2.56. The number of ether oxygens (including phenoxy) is 1. The van der Waals surface area contributed by atoms with Crippen LogP contribution in [0.15, 0.2) is 55.0 Å². The van der Waals surface area contributed by atoms with Crippen LogP contribution in [0, 0.1) is 0 Å². The molecule has 9 nitrogen and oxygen atoms in total. The van der Waals surface area contributed by atoms with Crippen molar-refractivity contribution in [3.8, 4) is 11.5 Å². The summed E-state index contributed by atoms with van der Waals surface area (Å²) in [6.45, 7) is 0.950. The summed E-state index contributed by atoms with van der Waals surface area (Å²) in [7, 11) is 0. The molecule has 0 unspecified atom stereocenters. The highest BCUT2D eigenvalue weighted by Gasteiger charge is 2.27. The molecular formula is C22H20ClF2N5O4. The van der Waals surface area contributed by atoms with Gasteiger partial charge < -0.3 is 30.5 Å². The third-order valence-electron chi connectivity index (χ3n) is 5.00. The number of pyridine rings is 2. The molecule has 1 atom stereocenters. The molecule has 1 aliphatic heterocycles. The molecule has 1 fully saturated rings. The van der Waals surface area contributed by atoms with Gasteiger partial charge in [0.1, 0.15) is 11.5 Å². The van der Waals surface area contributed by atoms with Crippen LogP contribution in [0.2, 0.25) is 0 Å². The highest BCUT2D eigenvalue weighted by molar-refractivity contribution is 6.20. The third-order valence-corrected chi connectivity index (χ3v) is 5.08. The molecule has 178 valence electrons. The van der Waals surface area contributed by atoms with Crippen molar-refractivity contribution >= 4 is 40.4 Å². The van der Waals surface area contributed by atoms with E-state index in [0.717, 1.165) is 0 Å². The lowest BCUT2D eigenvalue weighted by Crippen LogP contribution is -2.24. The molecule has 0 radical (unpaired) electrons. The quantitative estimate of drug-likeness (QED) is 0.367. The third kappa shape index (κ3) is 5.80. The number of hydrogen-bond acceptors (Lipinski definition) is 8.